The Labute approximate surface area is 561 Å². The second kappa shape index (κ2) is 26.5. The molecular formula is C92H64N4. The zero-order valence-electron chi connectivity index (χ0n) is 52.7. The molecule has 4 nitrogen and oxygen atoms in total. The summed E-state index contributed by atoms with van der Waals surface area (Å²) in [7, 11) is 0. The Balaban J connectivity index is 0.728. The summed E-state index contributed by atoms with van der Waals surface area (Å²) in [6.07, 6.45) is 0. The normalized spacial score (nSPS) is 11.1. The monoisotopic (exact) mass is 1220 g/mol. The van der Waals surface area contributed by atoms with Gasteiger partial charge < -0.3 is 9.80 Å². The highest BCUT2D eigenvalue weighted by Crippen LogP contribution is 2.42. The van der Waals surface area contributed by atoms with E-state index in [1.165, 1.54) is 44.5 Å². The lowest BCUT2D eigenvalue weighted by atomic mass is 9.99. The highest BCUT2D eigenvalue weighted by Gasteiger charge is 2.20. The van der Waals surface area contributed by atoms with Gasteiger partial charge in [0.1, 0.15) is 0 Å². The molecule has 16 aromatic rings. The molecule has 16 rings (SSSR count). The maximum Gasteiger partial charge on any atom is 0.0973 e. The molecule has 15 aromatic carbocycles. The van der Waals surface area contributed by atoms with Crippen molar-refractivity contribution in [2.24, 2.45) is 0 Å². The van der Waals surface area contributed by atoms with Crippen molar-refractivity contribution in [2.75, 3.05) is 9.80 Å². The predicted molar refractivity (Wildman–Crippen MR) is 403 cm³/mol. The molecule has 0 saturated carbocycles. The van der Waals surface area contributed by atoms with E-state index in [4.69, 9.17) is 9.97 Å². The summed E-state index contributed by atoms with van der Waals surface area (Å²) in [5, 5.41) is 0. The van der Waals surface area contributed by atoms with Crippen LogP contribution in [0.1, 0.15) is 0 Å². The molecular weight excluding hydrogens is 1160 g/mol. The van der Waals surface area contributed by atoms with Gasteiger partial charge in [0.2, 0.25) is 0 Å². The van der Waals surface area contributed by atoms with Crippen LogP contribution in [0, 0.1) is 0 Å². The Hall–Kier alpha value is -12.8. The zero-order chi connectivity index (χ0) is 64.0. The summed E-state index contributed by atoms with van der Waals surface area (Å²) in [6.45, 7) is 0. The summed E-state index contributed by atoms with van der Waals surface area (Å²) in [5.74, 6) is 0. The van der Waals surface area contributed by atoms with Crippen LogP contribution in [0.3, 0.4) is 0 Å². The Bertz CT molecular complexity index is 4670. The van der Waals surface area contributed by atoms with Gasteiger partial charge in [0.15, 0.2) is 0 Å². The van der Waals surface area contributed by atoms with Crippen LogP contribution in [0.15, 0.2) is 388 Å². The Morgan fingerprint density at radius 2 is 0.260 bits per heavy atom. The molecule has 0 spiro atoms. The highest BCUT2D eigenvalue weighted by atomic mass is 15.1. The Kier molecular flexibility index (Phi) is 16.1. The summed E-state index contributed by atoms with van der Waals surface area (Å²) in [6, 6.07) is 139. The van der Waals surface area contributed by atoms with Gasteiger partial charge >= 0.3 is 0 Å². The topological polar surface area (TPSA) is 32.3 Å². The number of hydrogen-bond acceptors (Lipinski definition) is 4. The zero-order valence-corrected chi connectivity index (χ0v) is 52.7. The number of nitrogens with zero attached hydrogens (tertiary/aromatic N) is 4. The molecule has 0 atom stereocenters. The van der Waals surface area contributed by atoms with E-state index < -0.39 is 0 Å². The minimum absolute atomic E-state index is 0.807. The second-order valence-corrected chi connectivity index (χ2v) is 24.1. The van der Waals surface area contributed by atoms with Gasteiger partial charge in [-0.05, 0) is 174 Å². The van der Waals surface area contributed by atoms with E-state index in [1.807, 2.05) is 24.3 Å². The van der Waals surface area contributed by atoms with Crippen molar-refractivity contribution in [3.63, 3.8) is 0 Å². The molecule has 1 heterocycles. The maximum absolute atomic E-state index is 5.41. The average molecular weight is 1230 g/mol. The molecule has 0 bridgehead atoms. The van der Waals surface area contributed by atoms with Crippen LogP contribution in [0.2, 0.25) is 0 Å². The van der Waals surface area contributed by atoms with E-state index in [-0.39, 0.29) is 0 Å². The summed E-state index contributed by atoms with van der Waals surface area (Å²) < 4.78 is 0. The quantitative estimate of drug-likeness (QED) is 0.0965. The third-order valence-electron chi connectivity index (χ3n) is 18.2. The van der Waals surface area contributed by atoms with Crippen molar-refractivity contribution in [1.82, 2.24) is 9.97 Å². The van der Waals surface area contributed by atoms with Crippen LogP contribution >= 0.6 is 0 Å². The first-order chi connectivity index (χ1) is 47.5. The first-order valence-corrected chi connectivity index (χ1v) is 32.7. The van der Waals surface area contributed by atoms with Crippen molar-refractivity contribution < 1.29 is 0 Å². The first-order valence-electron chi connectivity index (χ1n) is 32.7. The molecule has 0 fully saturated rings. The maximum atomic E-state index is 5.41. The van der Waals surface area contributed by atoms with Crippen LogP contribution in [0.25, 0.3) is 123 Å². The van der Waals surface area contributed by atoms with Crippen LogP contribution in [-0.4, -0.2) is 9.97 Å². The van der Waals surface area contributed by atoms with E-state index >= 15 is 0 Å². The molecule has 0 aliphatic carbocycles. The number of para-hydroxylation sites is 2. The molecule has 0 amide bonds. The highest BCUT2D eigenvalue weighted by molar-refractivity contribution is 5.90. The van der Waals surface area contributed by atoms with Gasteiger partial charge in [-0.3, -0.25) is 0 Å². The van der Waals surface area contributed by atoms with Gasteiger partial charge in [0.25, 0.3) is 0 Å². The molecule has 0 unspecified atom stereocenters. The largest absolute Gasteiger partial charge is 0.311 e. The van der Waals surface area contributed by atoms with Crippen LogP contribution in [-0.2, 0) is 0 Å². The lowest BCUT2D eigenvalue weighted by Gasteiger charge is -2.26. The van der Waals surface area contributed by atoms with Crippen LogP contribution < -0.4 is 9.80 Å². The molecule has 96 heavy (non-hydrogen) atoms. The number of rotatable bonds is 16. The molecule has 0 N–H and O–H groups in total. The molecule has 452 valence electrons. The van der Waals surface area contributed by atoms with E-state index in [0.29, 0.717) is 0 Å². The van der Waals surface area contributed by atoms with Gasteiger partial charge in [-0.1, -0.05) is 303 Å². The minimum Gasteiger partial charge on any atom is -0.311 e. The number of aromatic nitrogens is 2. The molecule has 0 aliphatic heterocycles. The lowest BCUT2D eigenvalue weighted by Crippen LogP contribution is -2.10. The van der Waals surface area contributed by atoms with Crippen molar-refractivity contribution in [3.05, 3.63) is 388 Å². The lowest BCUT2D eigenvalue weighted by molar-refractivity contribution is 1.26. The molecule has 0 aliphatic rings. The summed E-state index contributed by atoms with van der Waals surface area (Å²) >= 11 is 0. The number of anilines is 6. The number of hydrogen-bond donors (Lipinski definition) is 0. The van der Waals surface area contributed by atoms with E-state index in [1.54, 1.807) is 0 Å². The Morgan fingerprint density at radius 3 is 0.438 bits per heavy atom. The van der Waals surface area contributed by atoms with E-state index in [9.17, 15) is 0 Å². The van der Waals surface area contributed by atoms with Gasteiger partial charge in [0, 0.05) is 45.3 Å². The van der Waals surface area contributed by atoms with E-state index in [2.05, 4.69) is 374 Å². The van der Waals surface area contributed by atoms with Crippen molar-refractivity contribution in [1.29, 1.82) is 0 Å². The van der Waals surface area contributed by atoms with Gasteiger partial charge in [0.05, 0.1) is 22.4 Å². The van der Waals surface area contributed by atoms with Crippen molar-refractivity contribution >= 4 is 45.2 Å². The SMILES string of the molecule is c1ccc(-c2ccc(-c3ccc(N(c4ccc(-c5ccc(-c6ccccc6)cc5)cc4)c4ccc(-c5nc6ccccc6nc5-c5ccc(N(c6ccc(-c7ccc(-c8ccccc8)cc7)cc6)c6ccc(-c7ccc(-c8ccccc8)cc7)cc6)cc5)cc4)cc3)cc2)cc1. The van der Waals surface area contributed by atoms with Gasteiger partial charge in [-0.2, -0.15) is 0 Å². The standard InChI is InChI=1S/C92H64N4/c1-5-15-65(16-6-1)69-25-33-73(34-26-69)77-41-53-83(54-42-77)95(84-55-43-78(44-56-84)74-35-27-70(28-36-74)66-17-7-2-8-18-66)87-61-49-81(50-62-87)91-92(94-90-24-14-13-23-89(90)93-91)82-51-63-88(64-52-82)96(85-57-45-79(46-58-85)75-37-29-71(30-38-75)67-19-9-3-10-20-67)86-59-47-80(48-60-86)76-39-31-72(32-40-76)68-21-11-4-12-22-68/h1-64H. The molecule has 1 aromatic heterocycles. The van der Waals surface area contributed by atoms with Crippen LogP contribution in [0.5, 0.6) is 0 Å². The summed E-state index contributed by atoms with van der Waals surface area (Å²) in [5.41, 5.74) is 30.3. The second-order valence-electron chi connectivity index (χ2n) is 24.1. The van der Waals surface area contributed by atoms with Crippen molar-refractivity contribution in [2.45, 2.75) is 0 Å². The minimum atomic E-state index is 0.807. The first kappa shape index (κ1) is 58.3. The van der Waals surface area contributed by atoms with Gasteiger partial charge in [-0.25, -0.2) is 9.97 Å². The predicted octanol–water partition coefficient (Wildman–Crippen LogP) is 25.2. The number of benzene rings is 15. The smallest absolute Gasteiger partial charge is 0.0973 e. The fourth-order valence-electron chi connectivity index (χ4n) is 13.0. The fourth-order valence-corrected chi connectivity index (χ4v) is 13.0. The molecule has 0 saturated heterocycles. The summed E-state index contributed by atoms with van der Waals surface area (Å²) in [4.78, 5) is 15.5. The average Bonchev–Trinajstić information content (AvgIpc) is 1.09. The third kappa shape index (κ3) is 12.3. The van der Waals surface area contributed by atoms with Crippen LogP contribution in [0.4, 0.5) is 34.1 Å². The molecule has 0 radical (unpaired) electrons. The Morgan fingerprint density at radius 1 is 0.125 bits per heavy atom. The van der Waals surface area contributed by atoms with Crippen molar-refractivity contribution in [3.8, 4) is 112 Å². The van der Waals surface area contributed by atoms with E-state index in [0.717, 1.165) is 112 Å². The van der Waals surface area contributed by atoms with Gasteiger partial charge in [-0.15, -0.1) is 0 Å². The number of fused-ring (bicyclic) bond motifs is 1. The fraction of sp³-hybridized carbons (Fsp3) is 0. The molecule has 4 heteroatoms. The third-order valence-corrected chi connectivity index (χ3v) is 18.2.